The van der Waals surface area contributed by atoms with Crippen LogP contribution in [0.15, 0.2) is 42.5 Å². The average Bonchev–Trinajstić information content (AvgIpc) is 2.28. The number of carbonyl (C=O) groups is 3. The summed E-state index contributed by atoms with van der Waals surface area (Å²) in [6, 6.07) is 8.06. The summed E-state index contributed by atoms with van der Waals surface area (Å²) >= 11 is 0. The SMILES string of the molecule is O=C([O-])/C=C/C(=O)O.O=C([O-])c1ccccc1.[Li+].[Na+]. The number of aromatic carboxylic acids is 1. The Morgan fingerprint density at radius 1 is 1.00 bits per heavy atom. The Morgan fingerprint density at radius 3 is 1.68 bits per heavy atom. The molecule has 0 aliphatic rings. The van der Waals surface area contributed by atoms with Crippen molar-refractivity contribution in [3.63, 3.8) is 0 Å². The van der Waals surface area contributed by atoms with E-state index in [1.165, 1.54) is 12.1 Å². The number of carboxylic acid groups (broad SMARTS) is 3. The van der Waals surface area contributed by atoms with Gasteiger partial charge in [0.25, 0.3) is 0 Å². The van der Waals surface area contributed by atoms with Gasteiger partial charge in [-0.2, -0.15) is 0 Å². The molecule has 1 N–H and O–H groups in total. The zero-order valence-corrected chi connectivity index (χ0v) is 12.5. The first-order chi connectivity index (χ1) is 7.93. The van der Waals surface area contributed by atoms with Gasteiger partial charge >= 0.3 is 54.4 Å². The van der Waals surface area contributed by atoms with Crippen molar-refractivity contribution in [3.8, 4) is 0 Å². The molecule has 0 spiro atoms. The van der Waals surface area contributed by atoms with E-state index in [4.69, 9.17) is 5.11 Å². The molecule has 19 heavy (non-hydrogen) atoms. The van der Waals surface area contributed by atoms with Gasteiger partial charge in [-0.3, -0.25) is 0 Å². The fourth-order valence-corrected chi connectivity index (χ4v) is 0.714. The van der Waals surface area contributed by atoms with Gasteiger partial charge in [0.2, 0.25) is 0 Å². The van der Waals surface area contributed by atoms with E-state index in [2.05, 4.69) is 0 Å². The minimum absolute atomic E-state index is 0. The number of hydrogen-bond acceptors (Lipinski definition) is 5. The summed E-state index contributed by atoms with van der Waals surface area (Å²) in [7, 11) is 0. The number of aliphatic carboxylic acids is 2. The molecule has 0 saturated heterocycles. The summed E-state index contributed by atoms with van der Waals surface area (Å²) in [5, 5.41) is 27.3. The monoisotopic (exact) mass is 266 g/mol. The second-order valence-electron chi connectivity index (χ2n) is 2.64. The second kappa shape index (κ2) is 13.4. The molecule has 0 amide bonds. The Morgan fingerprint density at radius 2 is 1.47 bits per heavy atom. The standard InChI is InChI=1S/C7H6O2.C4H4O4.Li.Na/c8-7(9)6-4-2-1-3-5-6;5-3(6)1-2-4(7)8;;/h1-5H,(H,8,9);1-2H,(H,5,6)(H,7,8);;/q;;2*+1/p-2/b;2-1+;;. The van der Waals surface area contributed by atoms with Gasteiger partial charge in [-0.05, 0) is 11.6 Å². The van der Waals surface area contributed by atoms with E-state index in [1.807, 2.05) is 0 Å². The maximum Gasteiger partial charge on any atom is 1.00 e. The molecular formula is C11H8LiNaO6. The van der Waals surface area contributed by atoms with Crippen molar-refractivity contribution in [2.45, 2.75) is 0 Å². The smallest absolute Gasteiger partial charge is 0.545 e. The maximum absolute atomic E-state index is 10.1. The van der Waals surface area contributed by atoms with E-state index < -0.39 is 17.9 Å². The van der Waals surface area contributed by atoms with Crippen molar-refractivity contribution in [2.24, 2.45) is 0 Å². The molecule has 0 radical (unpaired) electrons. The molecule has 1 aromatic rings. The van der Waals surface area contributed by atoms with Gasteiger partial charge in [-0.25, -0.2) is 4.79 Å². The number of carboxylic acids is 3. The predicted octanol–water partition coefficient (Wildman–Crippen LogP) is -7.56. The van der Waals surface area contributed by atoms with Crippen LogP contribution in [0.2, 0.25) is 0 Å². The molecule has 90 valence electrons. The third kappa shape index (κ3) is 14.9. The van der Waals surface area contributed by atoms with Gasteiger partial charge in [-0.15, -0.1) is 0 Å². The Kier molecular flexibility index (Phi) is 16.3. The summed E-state index contributed by atoms with van der Waals surface area (Å²) in [5.41, 5.74) is 0.220. The molecule has 0 unspecified atom stereocenters. The molecule has 0 aliphatic heterocycles. The Balaban J connectivity index is -0.000000246. The van der Waals surface area contributed by atoms with Gasteiger partial charge < -0.3 is 24.9 Å². The minimum Gasteiger partial charge on any atom is -0.545 e. The van der Waals surface area contributed by atoms with Crippen LogP contribution >= 0.6 is 0 Å². The van der Waals surface area contributed by atoms with Gasteiger partial charge in [0.05, 0.1) is 11.9 Å². The average molecular weight is 266 g/mol. The van der Waals surface area contributed by atoms with Crippen LogP contribution in [-0.4, -0.2) is 23.0 Å². The first-order valence-corrected chi connectivity index (χ1v) is 4.32. The van der Waals surface area contributed by atoms with E-state index in [1.54, 1.807) is 18.2 Å². The third-order valence-corrected chi connectivity index (χ3v) is 1.37. The van der Waals surface area contributed by atoms with Crippen molar-refractivity contribution in [1.29, 1.82) is 0 Å². The summed E-state index contributed by atoms with van der Waals surface area (Å²) in [5.74, 6) is -3.93. The van der Waals surface area contributed by atoms with E-state index in [0.717, 1.165) is 0 Å². The maximum atomic E-state index is 10.1. The zero-order chi connectivity index (χ0) is 13.3. The zero-order valence-electron chi connectivity index (χ0n) is 10.5. The van der Waals surface area contributed by atoms with Crippen molar-refractivity contribution in [2.75, 3.05) is 0 Å². The van der Waals surface area contributed by atoms with E-state index in [9.17, 15) is 24.6 Å². The number of benzene rings is 1. The van der Waals surface area contributed by atoms with Crippen LogP contribution < -0.4 is 58.6 Å². The largest absolute Gasteiger partial charge is 1.00 e. The molecule has 0 atom stereocenters. The summed E-state index contributed by atoms with van der Waals surface area (Å²) in [6.07, 6.45) is 0.942. The van der Waals surface area contributed by atoms with E-state index in [0.29, 0.717) is 12.2 Å². The molecule has 6 nitrogen and oxygen atoms in total. The van der Waals surface area contributed by atoms with Crippen LogP contribution in [0.4, 0.5) is 0 Å². The van der Waals surface area contributed by atoms with Crippen LogP contribution in [-0.2, 0) is 9.59 Å². The van der Waals surface area contributed by atoms with Crippen LogP contribution in [0.5, 0.6) is 0 Å². The topological polar surface area (TPSA) is 118 Å². The molecule has 1 aromatic carbocycles. The normalized spacial score (nSPS) is 8.21. The van der Waals surface area contributed by atoms with Gasteiger partial charge in [-0.1, -0.05) is 30.3 Å². The molecule has 0 bridgehead atoms. The van der Waals surface area contributed by atoms with Crippen molar-refractivity contribution in [1.82, 2.24) is 0 Å². The quantitative estimate of drug-likeness (QED) is 0.429. The molecule has 0 aromatic heterocycles. The molecule has 0 fully saturated rings. The molecular weight excluding hydrogens is 258 g/mol. The molecule has 1 rings (SSSR count). The Hall–Kier alpha value is -1.03. The molecule has 0 aliphatic carbocycles. The fraction of sp³-hybridized carbons (Fsp3) is 0. The van der Waals surface area contributed by atoms with Crippen LogP contribution in [0, 0.1) is 0 Å². The van der Waals surface area contributed by atoms with Crippen molar-refractivity contribution < 1.29 is 78.1 Å². The van der Waals surface area contributed by atoms with Crippen LogP contribution in [0.3, 0.4) is 0 Å². The van der Waals surface area contributed by atoms with Gasteiger partial charge in [0, 0.05) is 6.08 Å². The van der Waals surface area contributed by atoms with Crippen molar-refractivity contribution >= 4 is 17.9 Å². The van der Waals surface area contributed by atoms with E-state index >= 15 is 0 Å². The predicted molar refractivity (Wildman–Crippen MR) is 52.6 cm³/mol. The first-order valence-electron chi connectivity index (χ1n) is 4.32. The number of rotatable bonds is 3. The third-order valence-electron chi connectivity index (χ3n) is 1.37. The summed E-state index contributed by atoms with van der Waals surface area (Å²) in [4.78, 5) is 29.1. The fourth-order valence-electron chi connectivity index (χ4n) is 0.714. The summed E-state index contributed by atoms with van der Waals surface area (Å²) in [6.45, 7) is 0. The molecule has 0 saturated carbocycles. The Bertz CT molecular complexity index is 416. The number of carbonyl (C=O) groups excluding carboxylic acids is 2. The van der Waals surface area contributed by atoms with Gasteiger partial charge in [0.15, 0.2) is 0 Å². The first kappa shape index (κ1) is 23.1. The number of hydrogen-bond donors (Lipinski definition) is 1. The van der Waals surface area contributed by atoms with Crippen LogP contribution in [0.25, 0.3) is 0 Å². The summed E-state index contributed by atoms with van der Waals surface area (Å²) < 4.78 is 0. The Labute approximate surface area is 143 Å². The minimum atomic E-state index is -1.51. The molecule has 0 heterocycles. The second-order valence-corrected chi connectivity index (χ2v) is 2.64. The molecule has 8 heteroatoms. The van der Waals surface area contributed by atoms with Crippen LogP contribution in [0.1, 0.15) is 10.4 Å². The van der Waals surface area contributed by atoms with Crippen molar-refractivity contribution in [3.05, 3.63) is 48.0 Å². The van der Waals surface area contributed by atoms with E-state index in [-0.39, 0.29) is 54.0 Å². The van der Waals surface area contributed by atoms with Gasteiger partial charge in [0.1, 0.15) is 0 Å².